The molecule has 0 unspecified atom stereocenters. The van der Waals surface area contributed by atoms with Gasteiger partial charge >= 0.3 is 6.16 Å². The van der Waals surface area contributed by atoms with E-state index in [1.165, 1.54) is 0 Å². The molecule has 0 saturated heterocycles. The second kappa shape index (κ2) is 9.82. The van der Waals surface area contributed by atoms with Crippen molar-refractivity contribution in [1.29, 1.82) is 0 Å². The molecule has 0 spiro atoms. The van der Waals surface area contributed by atoms with Crippen molar-refractivity contribution in [2.45, 2.75) is 52.5 Å². The minimum atomic E-state index is -1.40. The number of benzene rings is 1. The molecule has 6 heteroatoms. The standard InChI is InChI=1S/C24H27NO4S/c1-16(2)25(22(26)19-12-9-17(3)10-13-19)21-15-20(30-23(21)29-24(27)28)14-11-18-7-5-4-6-8-18/h4-8,15-17,19H,9-10,12-13H2,1-3H3,(H,27,28)/t17-,19-. The highest BCUT2D eigenvalue weighted by Crippen LogP contribution is 2.41. The van der Waals surface area contributed by atoms with Crippen molar-refractivity contribution in [3.63, 3.8) is 0 Å². The number of carbonyl (C=O) groups excluding carboxylic acids is 1. The summed E-state index contributed by atoms with van der Waals surface area (Å²) in [6.07, 6.45) is 2.41. The van der Waals surface area contributed by atoms with Crippen LogP contribution in [0.4, 0.5) is 10.5 Å². The fourth-order valence-corrected chi connectivity index (χ4v) is 4.60. The van der Waals surface area contributed by atoms with E-state index in [1.54, 1.807) is 11.0 Å². The van der Waals surface area contributed by atoms with Crippen molar-refractivity contribution < 1.29 is 19.4 Å². The molecule has 158 valence electrons. The zero-order valence-electron chi connectivity index (χ0n) is 17.6. The highest BCUT2D eigenvalue weighted by Gasteiger charge is 2.33. The van der Waals surface area contributed by atoms with Gasteiger partial charge in [-0.05, 0) is 63.6 Å². The van der Waals surface area contributed by atoms with Crippen LogP contribution in [0.25, 0.3) is 0 Å². The van der Waals surface area contributed by atoms with E-state index in [0.29, 0.717) is 16.5 Å². The first-order valence-corrected chi connectivity index (χ1v) is 11.1. The monoisotopic (exact) mass is 425 g/mol. The summed E-state index contributed by atoms with van der Waals surface area (Å²) in [5.41, 5.74) is 1.35. The van der Waals surface area contributed by atoms with Crippen molar-refractivity contribution in [2.75, 3.05) is 4.90 Å². The molecule has 1 N–H and O–H groups in total. The molecule has 1 aromatic carbocycles. The maximum absolute atomic E-state index is 13.4. The number of thiophene rings is 1. The lowest BCUT2D eigenvalue weighted by Crippen LogP contribution is -2.42. The van der Waals surface area contributed by atoms with Gasteiger partial charge in [-0.3, -0.25) is 4.79 Å². The number of carboxylic acid groups (broad SMARTS) is 1. The predicted octanol–water partition coefficient (Wildman–Crippen LogP) is 5.77. The second-order valence-corrected chi connectivity index (χ2v) is 9.04. The predicted molar refractivity (Wildman–Crippen MR) is 119 cm³/mol. The van der Waals surface area contributed by atoms with Gasteiger partial charge in [-0.1, -0.05) is 48.3 Å². The third-order valence-electron chi connectivity index (χ3n) is 5.34. The Labute approximate surface area is 181 Å². The Bertz CT molecular complexity index is 947. The SMILES string of the molecule is CC(C)N(c1cc(C#Cc2ccccc2)sc1OC(=O)O)C(=O)[C@H]1CC[C@H](C)CC1. The molecule has 1 fully saturated rings. The number of hydrogen-bond acceptors (Lipinski definition) is 4. The lowest BCUT2D eigenvalue weighted by Gasteiger charge is -2.33. The molecule has 1 aliphatic rings. The number of rotatable bonds is 4. The molecule has 0 aliphatic heterocycles. The third-order valence-corrected chi connectivity index (χ3v) is 6.26. The van der Waals surface area contributed by atoms with Gasteiger partial charge < -0.3 is 14.7 Å². The van der Waals surface area contributed by atoms with Crippen molar-refractivity contribution in [1.82, 2.24) is 0 Å². The molecular formula is C24H27NO4S. The first-order valence-electron chi connectivity index (χ1n) is 10.3. The van der Waals surface area contributed by atoms with Gasteiger partial charge in [0.2, 0.25) is 11.0 Å². The van der Waals surface area contributed by atoms with Gasteiger partial charge in [0.25, 0.3) is 0 Å². The third kappa shape index (κ3) is 5.43. The molecule has 1 amide bonds. The molecule has 1 aliphatic carbocycles. The summed E-state index contributed by atoms with van der Waals surface area (Å²) in [5, 5.41) is 9.38. The smallest absolute Gasteiger partial charge is 0.449 e. The van der Waals surface area contributed by atoms with E-state index in [4.69, 9.17) is 4.74 Å². The van der Waals surface area contributed by atoms with E-state index < -0.39 is 6.16 Å². The quantitative estimate of drug-likeness (QED) is 0.499. The van der Waals surface area contributed by atoms with Crippen molar-refractivity contribution in [2.24, 2.45) is 11.8 Å². The highest BCUT2D eigenvalue weighted by molar-refractivity contribution is 7.15. The molecule has 1 heterocycles. The van der Waals surface area contributed by atoms with E-state index in [1.807, 2.05) is 44.2 Å². The van der Waals surface area contributed by atoms with Crippen molar-refractivity contribution >= 4 is 29.1 Å². The Hall–Kier alpha value is -2.78. The topological polar surface area (TPSA) is 66.8 Å². The van der Waals surface area contributed by atoms with Gasteiger partial charge in [0.1, 0.15) is 5.69 Å². The largest absolute Gasteiger partial charge is 0.512 e. The first-order chi connectivity index (χ1) is 14.3. The van der Waals surface area contributed by atoms with Crippen LogP contribution in [0.3, 0.4) is 0 Å². The summed E-state index contributed by atoms with van der Waals surface area (Å²) in [5.74, 6) is 6.78. The van der Waals surface area contributed by atoms with E-state index in [2.05, 4.69) is 18.8 Å². The number of nitrogens with zero attached hydrogens (tertiary/aromatic N) is 1. The zero-order chi connectivity index (χ0) is 21.7. The Morgan fingerprint density at radius 2 is 1.80 bits per heavy atom. The lowest BCUT2D eigenvalue weighted by atomic mass is 9.82. The van der Waals surface area contributed by atoms with Crippen LogP contribution >= 0.6 is 11.3 Å². The number of amides is 1. The Balaban J connectivity index is 1.93. The van der Waals surface area contributed by atoms with Crippen LogP contribution < -0.4 is 9.64 Å². The lowest BCUT2D eigenvalue weighted by molar-refractivity contribution is -0.123. The van der Waals surface area contributed by atoms with E-state index in [9.17, 15) is 14.7 Å². The number of anilines is 1. The molecule has 0 atom stereocenters. The summed E-state index contributed by atoms with van der Waals surface area (Å²) >= 11 is 1.15. The van der Waals surface area contributed by atoms with Crippen LogP contribution in [-0.4, -0.2) is 23.2 Å². The van der Waals surface area contributed by atoms with Crippen LogP contribution in [0, 0.1) is 23.7 Å². The van der Waals surface area contributed by atoms with Crippen LogP contribution in [0.2, 0.25) is 0 Å². The van der Waals surface area contributed by atoms with E-state index in [0.717, 1.165) is 42.6 Å². The molecule has 3 rings (SSSR count). The average Bonchev–Trinajstić information content (AvgIpc) is 3.09. The maximum Gasteiger partial charge on any atom is 0.512 e. The van der Waals surface area contributed by atoms with Crippen LogP contribution in [0.1, 0.15) is 56.9 Å². The molecule has 2 aromatic rings. The van der Waals surface area contributed by atoms with Gasteiger partial charge in [-0.15, -0.1) is 0 Å². The fourth-order valence-electron chi connectivity index (χ4n) is 3.76. The van der Waals surface area contributed by atoms with Gasteiger partial charge in [0, 0.05) is 17.5 Å². The average molecular weight is 426 g/mol. The Kier molecular flexibility index (Phi) is 7.17. The van der Waals surface area contributed by atoms with Crippen LogP contribution in [0.15, 0.2) is 36.4 Å². The first kappa shape index (κ1) is 21.9. The summed E-state index contributed by atoms with van der Waals surface area (Å²) < 4.78 is 5.04. The molecule has 0 bridgehead atoms. The van der Waals surface area contributed by atoms with Crippen LogP contribution in [-0.2, 0) is 4.79 Å². The number of hydrogen-bond donors (Lipinski definition) is 1. The summed E-state index contributed by atoms with van der Waals surface area (Å²) in [6, 6.07) is 11.2. The summed E-state index contributed by atoms with van der Waals surface area (Å²) in [7, 11) is 0. The van der Waals surface area contributed by atoms with Gasteiger partial charge in [0.15, 0.2) is 0 Å². The van der Waals surface area contributed by atoms with E-state index in [-0.39, 0.29) is 22.9 Å². The van der Waals surface area contributed by atoms with Gasteiger partial charge in [-0.25, -0.2) is 4.79 Å². The summed E-state index contributed by atoms with van der Waals surface area (Å²) in [6.45, 7) is 6.08. The van der Waals surface area contributed by atoms with Crippen molar-refractivity contribution in [3.05, 3.63) is 46.8 Å². The van der Waals surface area contributed by atoms with Gasteiger partial charge in [0.05, 0.1) is 4.88 Å². The fraction of sp³-hybridized carbons (Fsp3) is 0.417. The molecule has 0 radical (unpaired) electrons. The molecular weight excluding hydrogens is 398 g/mol. The molecule has 1 saturated carbocycles. The minimum Gasteiger partial charge on any atom is -0.449 e. The Morgan fingerprint density at radius 3 is 2.40 bits per heavy atom. The summed E-state index contributed by atoms with van der Waals surface area (Å²) in [4.78, 5) is 27.0. The van der Waals surface area contributed by atoms with E-state index >= 15 is 0 Å². The normalized spacial score (nSPS) is 18.4. The second-order valence-electron chi connectivity index (χ2n) is 8.03. The van der Waals surface area contributed by atoms with Gasteiger partial charge in [-0.2, -0.15) is 0 Å². The molecule has 5 nitrogen and oxygen atoms in total. The number of ether oxygens (including phenoxy) is 1. The van der Waals surface area contributed by atoms with Crippen molar-refractivity contribution in [3.8, 4) is 16.9 Å². The zero-order valence-corrected chi connectivity index (χ0v) is 18.4. The molecule has 1 aromatic heterocycles. The highest BCUT2D eigenvalue weighted by atomic mass is 32.1. The minimum absolute atomic E-state index is 0.0347. The Morgan fingerprint density at radius 1 is 1.13 bits per heavy atom. The van der Waals surface area contributed by atoms with Crippen LogP contribution in [0.5, 0.6) is 5.06 Å². The number of carbonyl (C=O) groups is 2. The maximum atomic E-state index is 13.4. The molecule has 30 heavy (non-hydrogen) atoms.